The van der Waals surface area contributed by atoms with Crippen LogP contribution in [0.3, 0.4) is 0 Å². The average Bonchev–Trinajstić information content (AvgIpc) is 2.88. The maximum atomic E-state index is 12.3. The van der Waals surface area contributed by atoms with E-state index in [0.717, 1.165) is 15.6 Å². The highest BCUT2D eigenvalue weighted by Gasteiger charge is 2.26. The van der Waals surface area contributed by atoms with E-state index in [1.807, 2.05) is 0 Å². The fourth-order valence-electron chi connectivity index (χ4n) is 2.37. The van der Waals surface area contributed by atoms with Gasteiger partial charge in [-0.15, -0.1) is 11.3 Å². The van der Waals surface area contributed by atoms with Crippen molar-refractivity contribution in [3.05, 3.63) is 16.5 Å². The summed E-state index contributed by atoms with van der Waals surface area (Å²) in [5.41, 5.74) is 0. The highest BCUT2D eigenvalue weighted by Crippen LogP contribution is 2.27. The molecule has 1 aliphatic rings. The molecule has 1 aliphatic carbocycles. The van der Waals surface area contributed by atoms with Crippen molar-refractivity contribution in [2.45, 2.75) is 42.0 Å². The zero-order valence-corrected chi connectivity index (χ0v) is 14.5. The fraction of sp³-hybridized carbons (Fsp3) is 0.615. The molecule has 0 spiro atoms. The molecule has 1 saturated carbocycles. The number of sulfonamides is 1. The summed E-state index contributed by atoms with van der Waals surface area (Å²) < 4.78 is 26.1. The Hall–Kier alpha value is -0.670. The summed E-state index contributed by atoms with van der Waals surface area (Å²) in [4.78, 5) is 12.0. The van der Waals surface area contributed by atoms with Gasteiger partial charge in [-0.05, 0) is 37.8 Å². The second kappa shape index (κ2) is 7.27. The third-order valence-corrected chi connectivity index (χ3v) is 7.14. The maximum absolute atomic E-state index is 12.3. The fourth-order valence-corrected chi connectivity index (χ4v) is 5.19. The number of hydrogen-bond donors (Lipinski definition) is 2. The summed E-state index contributed by atoms with van der Waals surface area (Å²) in [6.45, 7) is -0.239. The van der Waals surface area contributed by atoms with E-state index in [0.29, 0.717) is 30.0 Å². The summed E-state index contributed by atoms with van der Waals surface area (Å²) in [7, 11) is -2.33. The van der Waals surface area contributed by atoms with Crippen LogP contribution in [0.4, 0.5) is 0 Å². The van der Waals surface area contributed by atoms with E-state index in [1.54, 1.807) is 0 Å². The molecular weight excluding hydrogens is 348 g/mol. The van der Waals surface area contributed by atoms with Gasteiger partial charge < -0.3 is 10.4 Å². The average molecular weight is 367 g/mol. The molecule has 0 aliphatic heterocycles. The van der Waals surface area contributed by atoms with Crippen LogP contribution < -0.4 is 5.32 Å². The van der Waals surface area contributed by atoms with E-state index in [-0.39, 0.29) is 28.8 Å². The number of halogens is 1. The van der Waals surface area contributed by atoms with Gasteiger partial charge in [-0.1, -0.05) is 11.6 Å². The summed E-state index contributed by atoms with van der Waals surface area (Å²) in [5, 5.41) is 12.3. The lowest BCUT2D eigenvalue weighted by molar-refractivity contribution is -0.122. The Morgan fingerprint density at radius 1 is 1.41 bits per heavy atom. The number of hydrogen-bond acceptors (Lipinski definition) is 5. The molecule has 1 fully saturated rings. The molecule has 9 heteroatoms. The van der Waals surface area contributed by atoms with Crippen LogP contribution in [-0.4, -0.2) is 49.5 Å². The number of rotatable bonds is 5. The molecule has 2 rings (SSSR count). The number of carbonyl (C=O) groups excluding carboxylic acids is 1. The van der Waals surface area contributed by atoms with Gasteiger partial charge in [-0.3, -0.25) is 4.79 Å². The third-order valence-electron chi connectivity index (χ3n) is 3.64. The lowest BCUT2D eigenvalue weighted by Gasteiger charge is -2.26. The first-order chi connectivity index (χ1) is 10.3. The number of likely N-dealkylation sites (N-methyl/N-ethyl adjacent to an activating group) is 1. The quantitative estimate of drug-likeness (QED) is 0.825. The summed E-state index contributed by atoms with van der Waals surface area (Å²) in [6, 6.07) is 2.95. The zero-order valence-electron chi connectivity index (χ0n) is 12.2. The molecule has 0 saturated heterocycles. The largest absolute Gasteiger partial charge is 0.393 e. The van der Waals surface area contributed by atoms with Gasteiger partial charge in [0.2, 0.25) is 5.91 Å². The minimum Gasteiger partial charge on any atom is -0.393 e. The van der Waals surface area contributed by atoms with Gasteiger partial charge in [-0.25, -0.2) is 8.42 Å². The van der Waals surface area contributed by atoms with Crippen LogP contribution in [0.2, 0.25) is 4.34 Å². The van der Waals surface area contributed by atoms with E-state index < -0.39 is 10.0 Å². The number of thiophene rings is 1. The van der Waals surface area contributed by atoms with Gasteiger partial charge in [-0.2, -0.15) is 4.31 Å². The molecule has 0 aromatic carbocycles. The van der Waals surface area contributed by atoms with Gasteiger partial charge in [0.25, 0.3) is 10.0 Å². The lowest BCUT2D eigenvalue weighted by atomic mass is 9.93. The number of aliphatic hydroxyl groups excluding tert-OH is 1. The Labute approximate surface area is 139 Å². The number of aliphatic hydroxyl groups is 1. The Kier molecular flexibility index (Phi) is 5.84. The van der Waals surface area contributed by atoms with Gasteiger partial charge in [0.15, 0.2) is 0 Å². The van der Waals surface area contributed by atoms with Gasteiger partial charge in [0, 0.05) is 13.1 Å². The number of nitrogens with zero attached hydrogens (tertiary/aromatic N) is 1. The molecule has 22 heavy (non-hydrogen) atoms. The molecule has 124 valence electrons. The van der Waals surface area contributed by atoms with Crippen molar-refractivity contribution in [3.8, 4) is 0 Å². The first-order valence-electron chi connectivity index (χ1n) is 6.98. The van der Waals surface area contributed by atoms with Crippen molar-refractivity contribution in [2.75, 3.05) is 13.6 Å². The summed E-state index contributed by atoms with van der Waals surface area (Å²) in [6.07, 6.45) is 2.45. The van der Waals surface area contributed by atoms with Crippen LogP contribution in [0.25, 0.3) is 0 Å². The molecule has 1 aromatic heterocycles. The molecular formula is C13H19ClN2O4S2. The van der Waals surface area contributed by atoms with Crippen LogP contribution in [0.15, 0.2) is 16.3 Å². The molecule has 0 unspecified atom stereocenters. The second-order valence-electron chi connectivity index (χ2n) is 5.39. The van der Waals surface area contributed by atoms with Crippen molar-refractivity contribution in [1.29, 1.82) is 0 Å². The number of carbonyl (C=O) groups is 1. The summed E-state index contributed by atoms with van der Waals surface area (Å²) >= 11 is 6.72. The second-order valence-corrected chi connectivity index (χ2v) is 9.38. The SMILES string of the molecule is CN(CC(=O)NC1CCC(O)CC1)S(=O)(=O)c1ccc(Cl)s1. The smallest absolute Gasteiger partial charge is 0.252 e. The van der Waals surface area contributed by atoms with E-state index in [2.05, 4.69) is 5.32 Å². The molecule has 1 heterocycles. The highest BCUT2D eigenvalue weighted by atomic mass is 35.5. The van der Waals surface area contributed by atoms with E-state index in [9.17, 15) is 18.3 Å². The summed E-state index contributed by atoms with van der Waals surface area (Å²) in [5.74, 6) is -0.338. The maximum Gasteiger partial charge on any atom is 0.252 e. The first kappa shape index (κ1) is 17.7. The first-order valence-corrected chi connectivity index (χ1v) is 9.61. The van der Waals surface area contributed by atoms with E-state index in [4.69, 9.17) is 11.6 Å². The minimum absolute atomic E-state index is 0.00295. The van der Waals surface area contributed by atoms with Crippen LogP contribution >= 0.6 is 22.9 Å². The molecule has 1 amide bonds. The Morgan fingerprint density at radius 2 is 2.05 bits per heavy atom. The number of nitrogens with one attached hydrogen (secondary N) is 1. The van der Waals surface area contributed by atoms with Gasteiger partial charge >= 0.3 is 0 Å². The highest BCUT2D eigenvalue weighted by molar-refractivity contribution is 7.91. The van der Waals surface area contributed by atoms with Gasteiger partial charge in [0.05, 0.1) is 17.0 Å². The van der Waals surface area contributed by atoms with Crippen LogP contribution in [0.1, 0.15) is 25.7 Å². The number of amides is 1. The molecule has 2 N–H and O–H groups in total. The monoisotopic (exact) mass is 366 g/mol. The molecule has 0 atom stereocenters. The van der Waals surface area contributed by atoms with Crippen LogP contribution in [0, 0.1) is 0 Å². The predicted molar refractivity (Wildman–Crippen MR) is 85.6 cm³/mol. The minimum atomic E-state index is -3.70. The molecule has 1 aromatic rings. The topological polar surface area (TPSA) is 86.7 Å². The predicted octanol–water partition coefficient (Wildman–Crippen LogP) is 1.44. The Morgan fingerprint density at radius 3 is 2.59 bits per heavy atom. The van der Waals surface area contributed by atoms with Crippen molar-refractivity contribution in [3.63, 3.8) is 0 Å². The third kappa shape index (κ3) is 4.42. The van der Waals surface area contributed by atoms with Gasteiger partial charge in [0.1, 0.15) is 4.21 Å². The molecule has 6 nitrogen and oxygen atoms in total. The van der Waals surface area contributed by atoms with E-state index in [1.165, 1.54) is 19.2 Å². The standard InChI is InChI=1S/C13H19ClN2O4S2/c1-16(22(19,20)13-7-6-11(14)21-13)8-12(18)15-9-2-4-10(17)5-3-9/h6-7,9-10,17H,2-5,8H2,1H3,(H,15,18). The van der Waals surface area contributed by atoms with Crippen LogP contribution in [-0.2, 0) is 14.8 Å². The van der Waals surface area contributed by atoms with Crippen molar-refractivity contribution in [2.24, 2.45) is 0 Å². The Bertz CT molecular complexity index is 624. The van der Waals surface area contributed by atoms with E-state index >= 15 is 0 Å². The van der Waals surface area contributed by atoms with Crippen LogP contribution in [0.5, 0.6) is 0 Å². The van der Waals surface area contributed by atoms with Crippen molar-refractivity contribution < 1.29 is 18.3 Å². The lowest BCUT2D eigenvalue weighted by Crippen LogP contribution is -2.44. The Balaban J connectivity index is 1.91. The molecule has 0 radical (unpaired) electrons. The van der Waals surface area contributed by atoms with Crippen molar-refractivity contribution >= 4 is 38.9 Å². The van der Waals surface area contributed by atoms with Crippen molar-refractivity contribution in [1.82, 2.24) is 9.62 Å². The zero-order chi connectivity index (χ0) is 16.3. The molecule has 0 bridgehead atoms. The normalized spacial score (nSPS) is 22.7.